The number of sulfonamides is 1. The van der Waals surface area contributed by atoms with Gasteiger partial charge in [0.2, 0.25) is 21.8 Å². The van der Waals surface area contributed by atoms with E-state index in [0.717, 1.165) is 16.8 Å². The average Bonchev–Trinajstić information content (AvgIpc) is 3.05. The van der Waals surface area contributed by atoms with E-state index in [0.29, 0.717) is 18.7 Å². The lowest BCUT2D eigenvalue weighted by Crippen LogP contribution is -2.33. The van der Waals surface area contributed by atoms with Gasteiger partial charge in [-0.1, -0.05) is 18.2 Å². The maximum absolute atomic E-state index is 12.5. The SMILES string of the molecule is CC(=O)N1CCc2cc(S(=O)(=O)NCC(=O)Nc3ccccc3C)ccc21. The highest BCUT2D eigenvalue weighted by Crippen LogP contribution is 2.30. The van der Waals surface area contributed by atoms with Crippen LogP contribution in [0.3, 0.4) is 0 Å². The van der Waals surface area contributed by atoms with Crippen LogP contribution in [0.25, 0.3) is 0 Å². The van der Waals surface area contributed by atoms with Crippen molar-refractivity contribution in [1.29, 1.82) is 0 Å². The van der Waals surface area contributed by atoms with Gasteiger partial charge in [0.05, 0.1) is 11.4 Å². The van der Waals surface area contributed by atoms with Crippen molar-refractivity contribution < 1.29 is 18.0 Å². The van der Waals surface area contributed by atoms with Crippen LogP contribution in [0.2, 0.25) is 0 Å². The first kappa shape index (κ1) is 19.1. The van der Waals surface area contributed by atoms with Crippen LogP contribution in [0.4, 0.5) is 11.4 Å². The van der Waals surface area contributed by atoms with Crippen molar-refractivity contribution in [3.8, 4) is 0 Å². The van der Waals surface area contributed by atoms with Gasteiger partial charge in [-0.25, -0.2) is 13.1 Å². The number of amides is 2. The molecule has 2 aromatic rings. The molecule has 142 valence electrons. The highest BCUT2D eigenvalue weighted by atomic mass is 32.2. The molecule has 7 nitrogen and oxygen atoms in total. The number of rotatable bonds is 5. The number of carbonyl (C=O) groups is 2. The summed E-state index contributed by atoms with van der Waals surface area (Å²) in [7, 11) is -3.83. The minimum atomic E-state index is -3.83. The van der Waals surface area contributed by atoms with Crippen molar-refractivity contribution in [2.24, 2.45) is 0 Å². The standard InChI is InChI=1S/C19H21N3O4S/c1-13-5-3-4-6-17(13)21-19(24)12-20-27(25,26)16-7-8-18-15(11-16)9-10-22(18)14(2)23/h3-8,11,20H,9-10,12H2,1-2H3,(H,21,24). The summed E-state index contributed by atoms with van der Waals surface area (Å²) in [5.74, 6) is -0.521. The van der Waals surface area contributed by atoms with E-state index < -0.39 is 15.9 Å². The van der Waals surface area contributed by atoms with Crippen molar-refractivity contribution in [3.05, 3.63) is 53.6 Å². The largest absolute Gasteiger partial charge is 0.325 e. The first-order valence-electron chi connectivity index (χ1n) is 8.54. The van der Waals surface area contributed by atoms with E-state index in [9.17, 15) is 18.0 Å². The van der Waals surface area contributed by atoms with Gasteiger partial charge in [-0.15, -0.1) is 0 Å². The Hall–Kier alpha value is -2.71. The summed E-state index contributed by atoms with van der Waals surface area (Å²) in [6.45, 7) is 3.51. The van der Waals surface area contributed by atoms with Crippen LogP contribution in [-0.4, -0.2) is 33.3 Å². The lowest BCUT2D eigenvalue weighted by molar-refractivity contribution is -0.116. The molecule has 0 radical (unpaired) electrons. The summed E-state index contributed by atoms with van der Waals surface area (Å²) in [4.78, 5) is 25.4. The quantitative estimate of drug-likeness (QED) is 0.818. The maximum Gasteiger partial charge on any atom is 0.241 e. The van der Waals surface area contributed by atoms with Crippen LogP contribution in [0, 0.1) is 6.92 Å². The van der Waals surface area contributed by atoms with Gasteiger partial charge in [-0.05, 0) is 48.7 Å². The minimum Gasteiger partial charge on any atom is -0.325 e. The summed E-state index contributed by atoms with van der Waals surface area (Å²) in [6, 6.07) is 11.9. The fourth-order valence-electron chi connectivity index (χ4n) is 3.02. The average molecular weight is 387 g/mol. The number of aryl methyl sites for hydroxylation is 1. The second-order valence-electron chi connectivity index (χ2n) is 6.40. The molecule has 27 heavy (non-hydrogen) atoms. The Morgan fingerprint density at radius 2 is 1.89 bits per heavy atom. The van der Waals surface area contributed by atoms with Crippen molar-refractivity contribution in [2.75, 3.05) is 23.3 Å². The number of para-hydroxylation sites is 1. The second kappa shape index (κ2) is 7.50. The molecule has 0 saturated heterocycles. The first-order chi connectivity index (χ1) is 12.8. The molecule has 0 aromatic heterocycles. The molecule has 2 aromatic carbocycles. The molecule has 3 rings (SSSR count). The molecule has 2 N–H and O–H groups in total. The van der Waals surface area contributed by atoms with Gasteiger partial charge in [0.15, 0.2) is 0 Å². The molecule has 2 amide bonds. The lowest BCUT2D eigenvalue weighted by Gasteiger charge is -2.15. The molecular weight excluding hydrogens is 366 g/mol. The Balaban J connectivity index is 1.68. The molecule has 1 aliphatic heterocycles. The second-order valence-corrected chi connectivity index (χ2v) is 8.17. The van der Waals surface area contributed by atoms with Gasteiger partial charge in [0, 0.05) is 24.8 Å². The van der Waals surface area contributed by atoms with Crippen molar-refractivity contribution >= 4 is 33.2 Å². The summed E-state index contributed by atoms with van der Waals surface area (Å²) >= 11 is 0. The van der Waals surface area contributed by atoms with Gasteiger partial charge >= 0.3 is 0 Å². The molecule has 0 unspecified atom stereocenters. The fraction of sp³-hybridized carbons (Fsp3) is 0.263. The molecule has 0 saturated carbocycles. The Bertz CT molecular complexity index is 1000. The molecule has 0 aliphatic carbocycles. The molecule has 0 bridgehead atoms. The van der Waals surface area contributed by atoms with E-state index in [4.69, 9.17) is 0 Å². The van der Waals surface area contributed by atoms with E-state index >= 15 is 0 Å². The van der Waals surface area contributed by atoms with Crippen LogP contribution in [0.1, 0.15) is 18.1 Å². The third-order valence-electron chi connectivity index (χ3n) is 4.48. The smallest absolute Gasteiger partial charge is 0.241 e. The normalized spacial score (nSPS) is 13.3. The van der Waals surface area contributed by atoms with Gasteiger partial charge in [-0.2, -0.15) is 0 Å². The Kier molecular flexibility index (Phi) is 5.29. The fourth-order valence-corrected chi connectivity index (χ4v) is 4.06. The number of hydrogen-bond acceptors (Lipinski definition) is 4. The third-order valence-corrected chi connectivity index (χ3v) is 5.88. The molecule has 8 heteroatoms. The van der Waals surface area contributed by atoms with Gasteiger partial charge in [0.25, 0.3) is 0 Å². The van der Waals surface area contributed by atoms with Gasteiger partial charge < -0.3 is 10.2 Å². The summed E-state index contributed by atoms with van der Waals surface area (Å²) in [5.41, 5.74) is 3.07. The van der Waals surface area contributed by atoms with Crippen LogP contribution in [0.5, 0.6) is 0 Å². The predicted octanol–water partition coefficient (Wildman–Crippen LogP) is 1.82. The third kappa shape index (κ3) is 4.17. The number of fused-ring (bicyclic) bond motifs is 1. The highest BCUT2D eigenvalue weighted by molar-refractivity contribution is 7.89. The van der Waals surface area contributed by atoms with Crippen molar-refractivity contribution in [2.45, 2.75) is 25.2 Å². The molecule has 0 fully saturated rings. The summed E-state index contributed by atoms with van der Waals surface area (Å²) < 4.78 is 27.3. The zero-order valence-electron chi connectivity index (χ0n) is 15.2. The highest BCUT2D eigenvalue weighted by Gasteiger charge is 2.25. The summed E-state index contributed by atoms with van der Waals surface area (Å²) in [6.07, 6.45) is 0.603. The van der Waals surface area contributed by atoms with E-state index in [1.54, 1.807) is 29.2 Å². The van der Waals surface area contributed by atoms with Gasteiger partial charge in [-0.3, -0.25) is 9.59 Å². The Morgan fingerprint density at radius 3 is 2.59 bits per heavy atom. The molecular formula is C19H21N3O4S. The predicted molar refractivity (Wildman–Crippen MR) is 103 cm³/mol. The number of anilines is 2. The zero-order chi connectivity index (χ0) is 19.6. The van der Waals surface area contributed by atoms with Crippen LogP contribution in [0.15, 0.2) is 47.4 Å². The molecule has 0 atom stereocenters. The molecule has 1 heterocycles. The Morgan fingerprint density at radius 1 is 1.15 bits per heavy atom. The summed E-state index contributed by atoms with van der Waals surface area (Å²) in [5, 5.41) is 2.68. The Labute approximate surface area is 158 Å². The van der Waals surface area contributed by atoms with E-state index in [-0.39, 0.29) is 17.3 Å². The molecule has 0 spiro atoms. The van der Waals surface area contributed by atoms with E-state index in [1.807, 2.05) is 19.1 Å². The first-order valence-corrected chi connectivity index (χ1v) is 10.0. The van der Waals surface area contributed by atoms with Gasteiger partial charge in [0.1, 0.15) is 0 Å². The number of hydrogen-bond donors (Lipinski definition) is 2. The topological polar surface area (TPSA) is 95.6 Å². The number of carbonyl (C=O) groups excluding carboxylic acids is 2. The van der Waals surface area contributed by atoms with Crippen LogP contribution in [-0.2, 0) is 26.0 Å². The zero-order valence-corrected chi connectivity index (χ0v) is 16.0. The van der Waals surface area contributed by atoms with E-state index in [2.05, 4.69) is 10.0 Å². The lowest BCUT2D eigenvalue weighted by atomic mass is 10.2. The van der Waals surface area contributed by atoms with E-state index in [1.165, 1.54) is 13.0 Å². The maximum atomic E-state index is 12.5. The monoisotopic (exact) mass is 387 g/mol. The van der Waals surface area contributed by atoms with Crippen molar-refractivity contribution in [3.63, 3.8) is 0 Å². The molecule has 1 aliphatic rings. The number of nitrogens with zero attached hydrogens (tertiary/aromatic N) is 1. The number of benzene rings is 2. The van der Waals surface area contributed by atoms with Crippen LogP contribution < -0.4 is 14.9 Å². The minimum absolute atomic E-state index is 0.0737. The number of nitrogens with one attached hydrogen (secondary N) is 2. The van der Waals surface area contributed by atoms with Crippen molar-refractivity contribution in [1.82, 2.24) is 4.72 Å². The van der Waals surface area contributed by atoms with Crippen LogP contribution >= 0.6 is 0 Å².